The Balaban J connectivity index is 1.94. The molecule has 3 aromatic carbocycles. The number of aromatic nitrogens is 2. The number of rotatable bonds is 3. The summed E-state index contributed by atoms with van der Waals surface area (Å²) in [7, 11) is 0. The Morgan fingerprint density at radius 3 is 2.39 bits per heavy atom. The number of phenols is 1. The van der Waals surface area contributed by atoms with Gasteiger partial charge in [-0.3, -0.25) is 9.36 Å². The van der Waals surface area contributed by atoms with Gasteiger partial charge in [0.15, 0.2) is 0 Å². The van der Waals surface area contributed by atoms with E-state index < -0.39 is 0 Å². The van der Waals surface area contributed by atoms with Crippen molar-refractivity contribution < 1.29 is 5.11 Å². The molecule has 0 saturated heterocycles. The Hall–Kier alpha value is -2.70. The Labute approximate surface area is 178 Å². The molecule has 0 spiro atoms. The Morgan fingerprint density at radius 1 is 0.893 bits per heavy atom. The summed E-state index contributed by atoms with van der Waals surface area (Å²) in [6.07, 6.45) is 3.48. The lowest BCUT2D eigenvalue weighted by Gasteiger charge is -2.11. The van der Waals surface area contributed by atoms with Crippen molar-refractivity contribution in [2.24, 2.45) is 0 Å². The highest BCUT2D eigenvalue weighted by atomic mass is 79.9. The van der Waals surface area contributed by atoms with Crippen LogP contribution in [0.15, 0.2) is 80.5 Å². The first-order valence-corrected chi connectivity index (χ1v) is 10.1. The minimum absolute atomic E-state index is 0.147. The van der Waals surface area contributed by atoms with Crippen molar-refractivity contribution in [2.45, 2.75) is 0 Å². The summed E-state index contributed by atoms with van der Waals surface area (Å²) in [5.74, 6) is 0.628. The molecular weight excluding hydrogens is 484 g/mol. The van der Waals surface area contributed by atoms with Gasteiger partial charge in [0, 0.05) is 14.5 Å². The van der Waals surface area contributed by atoms with Gasteiger partial charge in [-0.1, -0.05) is 44.0 Å². The van der Waals surface area contributed by atoms with Crippen LogP contribution in [0.3, 0.4) is 0 Å². The second-order valence-corrected chi connectivity index (χ2v) is 7.97. The smallest absolute Gasteiger partial charge is 0.266 e. The number of phenolic OH excluding ortho intramolecular Hbond substituents is 1. The molecular formula is C22H14Br2N2O2. The van der Waals surface area contributed by atoms with Crippen molar-refractivity contribution in [3.63, 3.8) is 0 Å². The minimum atomic E-state index is -0.147. The molecule has 6 heteroatoms. The molecule has 0 radical (unpaired) electrons. The number of hydrogen-bond acceptors (Lipinski definition) is 3. The Morgan fingerprint density at radius 2 is 1.61 bits per heavy atom. The van der Waals surface area contributed by atoms with Crippen LogP contribution in [0.4, 0.5) is 0 Å². The SMILES string of the molecule is O=c1c2ccccc2nc(/C=C/c2cc(Br)ccc2O)n1-c1ccc(Br)cc1. The predicted octanol–water partition coefficient (Wildman–Crippen LogP) is 5.79. The van der Waals surface area contributed by atoms with E-state index >= 15 is 0 Å². The molecule has 0 bridgehead atoms. The molecule has 1 N–H and O–H groups in total. The lowest BCUT2D eigenvalue weighted by Crippen LogP contribution is -2.22. The van der Waals surface area contributed by atoms with Crippen LogP contribution < -0.4 is 5.56 Å². The van der Waals surface area contributed by atoms with Gasteiger partial charge in [-0.2, -0.15) is 0 Å². The fourth-order valence-electron chi connectivity index (χ4n) is 2.92. The van der Waals surface area contributed by atoms with Gasteiger partial charge in [0.1, 0.15) is 11.6 Å². The van der Waals surface area contributed by atoms with Crippen LogP contribution in [-0.4, -0.2) is 14.7 Å². The maximum absolute atomic E-state index is 13.2. The van der Waals surface area contributed by atoms with Crippen molar-refractivity contribution in [2.75, 3.05) is 0 Å². The molecule has 1 heterocycles. The van der Waals surface area contributed by atoms with Gasteiger partial charge in [0.25, 0.3) is 5.56 Å². The number of fused-ring (bicyclic) bond motifs is 1. The van der Waals surface area contributed by atoms with Gasteiger partial charge in [-0.25, -0.2) is 4.98 Å². The van der Waals surface area contributed by atoms with Crippen molar-refractivity contribution in [1.29, 1.82) is 0 Å². The quantitative estimate of drug-likeness (QED) is 0.390. The second-order valence-electron chi connectivity index (χ2n) is 6.14. The Kier molecular flexibility index (Phi) is 5.15. The van der Waals surface area contributed by atoms with Crippen LogP contribution in [0.1, 0.15) is 11.4 Å². The summed E-state index contributed by atoms with van der Waals surface area (Å²) >= 11 is 6.83. The fourth-order valence-corrected chi connectivity index (χ4v) is 3.57. The van der Waals surface area contributed by atoms with Gasteiger partial charge in [-0.15, -0.1) is 0 Å². The van der Waals surface area contributed by atoms with E-state index in [0.717, 1.165) is 8.95 Å². The van der Waals surface area contributed by atoms with E-state index in [2.05, 4.69) is 36.8 Å². The summed E-state index contributed by atoms with van der Waals surface area (Å²) in [5, 5.41) is 10.6. The average molecular weight is 498 g/mol. The zero-order chi connectivity index (χ0) is 19.7. The molecule has 28 heavy (non-hydrogen) atoms. The Bertz CT molecular complexity index is 1260. The molecule has 138 valence electrons. The third-order valence-corrected chi connectivity index (χ3v) is 5.31. The van der Waals surface area contributed by atoms with Crippen LogP contribution >= 0.6 is 31.9 Å². The van der Waals surface area contributed by atoms with Gasteiger partial charge in [0.05, 0.1) is 16.6 Å². The van der Waals surface area contributed by atoms with Crippen LogP contribution in [0.25, 0.3) is 28.7 Å². The van der Waals surface area contributed by atoms with E-state index in [1.54, 1.807) is 41.0 Å². The molecule has 0 aliphatic rings. The van der Waals surface area contributed by atoms with Crippen LogP contribution in [0.5, 0.6) is 5.75 Å². The first-order valence-electron chi connectivity index (χ1n) is 8.47. The maximum Gasteiger partial charge on any atom is 0.266 e. The lowest BCUT2D eigenvalue weighted by molar-refractivity contribution is 0.474. The first kappa shape index (κ1) is 18.7. The third kappa shape index (κ3) is 3.66. The van der Waals surface area contributed by atoms with Crippen molar-refractivity contribution in [3.8, 4) is 11.4 Å². The molecule has 1 aromatic heterocycles. The zero-order valence-electron chi connectivity index (χ0n) is 14.5. The predicted molar refractivity (Wildman–Crippen MR) is 120 cm³/mol. The number of benzene rings is 3. The monoisotopic (exact) mass is 496 g/mol. The molecule has 0 unspecified atom stereocenters. The highest BCUT2D eigenvalue weighted by molar-refractivity contribution is 9.10. The molecule has 0 aliphatic heterocycles. The minimum Gasteiger partial charge on any atom is -0.507 e. The summed E-state index contributed by atoms with van der Waals surface area (Å²) in [6, 6.07) is 19.9. The number of nitrogens with zero attached hydrogens (tertiary/aromatic N) is 2. The molecule has 4 rings (SSSR count). The standard InChI is InChI=1S/C22H14Br2N2O2/c23-15-6-9-17(10-7-15)26-21(12-5-14-13-16(24)8-11-20(14)27)25-19-4-2-1-3-18(19)22(26)28/h1-13,27H/b12-5+. The third-order valence-electron chi connectivity index (χ3n) is 4.29. The zero-order valence-corrected chi connectivity index (χ0v) is 17.7. The molecule has 0 fully saturated rings. The average Bonchev–Trinajstić information content (AvgIpc) is 2.70. The van der Waals surface area contributed by atoms with E-state index in [9.17, 15) is 9.90 Å². The number of para-hydroxylation sites is 1. The fraction of sp³-hybridized carbons (Fsp3) is 0. The summed E-state index contributed by atoms with van der Waals surface area (Å²) < 4.78 is 3.34. The maximum atomic E-state index is 13.2. The molecule has 4 nitrogen and oxygen atoms in total. The van der Waals surface area contributed by atoms with Crippen LogP contribution in [0.2, 0.25) is 0 Å². The second kappa shape index (κ2) is 7.73. The lowest BCUT2D eigenvalue weighted by atomic mass is 10.2. The van der Waals surface area contributed by atoms with E-state index in [-0.39, 0.29) is 11.3 Å². The molecule has 0 amide bonds. The number of halogens is 2. The summed E-state index contributed by atoms with van der Waals surface area (Å²) in [6.45, 7) is 0. The van der Waals surface area contributed by atoms with Gasteiger partial charge < -0.3 is 5.11 Å². The highest BCUT2D eigenvalue weighted by Gasteiger charge is 2.11. The van der Waals surface area contributed by atoms with Crippen LogP contribution in [-0.2, 0) is 0 Å². The van der Waals surface area contributed by atoms with Crippen molar-refractivity contribution in [1.82, 2.24) is 9.55 Å². The molecule has 4 aromatic rings. The summed E-state index contributed by atoms with van der Waals surface area (Å²) in [5.41, 5.74) is 1.81. The van der Waals surface area contributed by atoms with Crippen molar-refractivity contribution in [3.05, 3.63) is 97.4 Å². The van der Waals surface area contributed by atoms with Gasteiger partial charge >= 0.3 is 0 Å². The van der Waals surface area contributed by atoms with Gasteiger partial charge in [-0.05, 0) is 66.7 Å². The first-order chi connectivity index (χ1) is 13.5. The van der Waals surface area contributed by atoms with E-state index in [1.807, 2.05) is 42.5 Å². The highest BCUT2D eigenvalue weighted by Crippen LogP contribution is 2.24. The molecule has 0 atom stereocenters. The van der Waals surface area contributed by atoms with E-state index in [1.165, 1.54) is 0 Å². The summed E-state index contributed by atoms with van der Waals surface area (Å²) in [4.78, 5) is 17.9. The van der Waals surface area contributed by atoms with Crippen LogP contribution in [0, 0.1) is 0 Å². The topological polar surface area (TPSA) is 55.1 Å². The van der Waals surface area contributed by atoms with Crippen molar-refractivity contribution >= 4 is 54.9 Å². The normalized spacial score (nSPS) is 11.4. The van der Waals surface area contributed by atoms with Gasteiger partial charge in [0.2, 0.25) is 0 Å². The molecule has 0 saturated carbocycles. The largest absolute Gasteiger partial charge is 0.507 e. The van der Waals surface area contributed by atoms with E-state index in [0.29, 0.717) is 28.0 Å². The van der Waals surface area contributed by atoms with E-state index in [4.69, 9.17) is 0 Å². The number of hydrogen-bond donors (Lipinski definition) is 1. The number of aromatic hydroxyl groups is 1. The molecule has 0 aliphatic carbocycles.